The summed E-state index contributed by atoms with van der Waals surface area (Å²) in [6, 6.07) is 2.15. The van der Waals surface area contributed by atoms with E-state index in [2.05, 4.69) is 5.32 Å². The van der Waals surface area contributed by atoms with Crippen LogP contribution in [0.1, 0.15) is 18.4 Å². The highest BCUT2D eigenvalue weighted by Crippen LogP contribution is 2.21. The van der Waals surface area contributed by atoms with Crippen molar-refractivity contribution in [2.24, 2.45) is 0 Å². The molecule has 0 aromatic heterocycles. The lowest BCUT2D eigenvalue weighted by atomic mass is 10.1. The Morgan fingerprint density at radius 2 is 1.74 bits per heavy atom. The second-order valence-electron chi connectivity index (χ2n) is 4.72. The molecule has 1 aromatic rings. The van der Waals surface area contributed by atoms with Crippen LogP contribution in [-0.4, -0.2) is 31.1 Å². The lowest BCUT2D eigenvalue weighted by molar-refractivity contribution is 0.394. The Labute approximate surface area is 110 Å². The summed E-state index contributed by atoms with van der Waals surface area (Å²) in [5, 5.41) is 12.0. The molecule has 1 heterocycles. The minimum Gasteiger partial charge on any atom is -0.503 e. The van der Waals surface area contributed by atoms with Crippen molar-refractivity contribution in [3.63, 3.8) is 0 Å². The van der Waals surface area contributed by atoms with Crippen molar-refractivity contribution in [2.75, 3.05) is 11.5 Å². The molecule has 0 aliphatic carbocycles. The van der Waals surface area contributed by atoms with Gasteiger partial charge in [0, 0.05) is 12.6 Å². The molecular formula is C12H15F2NO3S. The van der Waals surface area contributed by atoms with Crippen LogP contribution < -0.4 is 5.32 Å². The third-order valence-electron chi connectivity index (χ3n) is 3.23. The Balaban J connectivity index is 1.93. The molecule has 7 heteroatoms. The van der Waals surface area contributed by atoms with Gasteiger partial charge in [0.25, 0.3) is 0 Å². The van der Waals surface area contributed by atoms with Crippen molar-refractivity contribution in [1.29, 1.82) is 0 Å². The third kappa shape index (κ3) is 3.63. The Morgan fingerprint density at radius 3 is 2.26 bits per heavy atom. The fraction of sp³-hybridized carbons (Fsp3) is 0.500. The molecular weight excluding hydrogens is 276 g/mol. The van der Waals surface area contributed by atoms with Gasteiger partial charge in [0.1, 0.15) is 9.84 Å². The van der Waals surface area contributed by atoms with Crippen molar-refractivity contribution in [3.8, 4) is 5.75 Å². The lowest BCUT2D eigenvalue weighted by Crippen LogP contribution is -2.37. The fourth-order valence-electron chi connectivity index (χ4n) is 2.08. The molecule has 19 heavy (non-hydrogen) atoms. The SMILES string of the molecule is O=S1(=O)CCC(NCc2cc(F)c(O)c(F)c2)CC1. The molecule has 0 amide bonds. The lowest BCUT2D eigenvalue weighted by Gasteiger charge is -2.23. The minimum atomic E-state index is -2.91. The zero-order valence-corrected chi connectivity index (χ0v) is 11.0. The van der Waals surface area contributed by atoms with Crippen molar-refractivity contribution in [3.05, 3.63) is 29.3 Å². The average Bonchev–Trinajstić information content (AvgIpc) is 2.34. The summed E-state index contributed by atoms with van der Waals surface area (Å²) in [6.45, 7) is 0.235. The first-order valence-corrected chi connectivity index (χ1v) is 7.80. The summed E-state index contributed by atoms with van der Waals surface area (Å²) in [5.41, 5.74) is 0.376. The Morgan fingerprint density at radius 1 is 1.21 bits per heavy atom. The maximum Gasteiger partial charge on any atom is 0.187 e. The van der Waals surface area contributed by atoms with E-state index in [1.54, 1.807) is 0 Å². The number of phenolic OH excluding ortho intramolecular Hbond substituents is 1. The Kier molecular flexibility index (Phi) is 4.05. The average molecular weight is 291 g/mol. The van der Waals surface area contributed by atoms with Crippen LogP contribution in [0.2, 0.25) is 0 Å². The molecule has 0 spiro atoms. The van der Waals surface area contributed by atoms with Crippen molar-refractivity contribution in [2.45, 2.75) is 25.4 Å². The number of sulfone groups is 1. The highest BCUT2D eigenvalue weighted by atomic mass is 32.2. The number of halogens is 2. The second-order valence-corrected chi connectivity index (χ2v) is 7.02. The summed E-state index contributed by atoms with van der Waals surface area (Å²) < 4.78 is 48.7. The number of hydrogen-bond donors (Lipinski definition) is 2. The molecule has 1 saturated heterocycles. The highest BCUT2D eigenvalue weighted by molar-refractivity contribution is 7.91. The van der Waals surface area contributed by atoms with E-state index >= 15 is 0 Å². The van der Waals surface area contributed by atoms with Crippen LogP contribution in [0.4, 0.5) is 8.78 Å². The number of nitrogens with one attached hydrogen (secondary N) is 1. The van der Waals surface area contributed by atoms with E-state index in [9.17, 15) is 17.2 Å². The number of hydrogen-bond acceptors (Lipinski definition) is 4. The summed E-state index contributed by atoms with van der Waals surface area (Å²) in [6.07, 6.45) is 1.01. The molecule has 0 unspecified atom stereocenters. The molecule has 1 aromatic carbocycles. The Bertz CT molecular complexity index is 537. The topological polar surface area (TPSA) is 66.4 Å². The predicted octanol–water partition coefficient (Wildman–Crippen LogP) is 1.34. The van der Waals surface area contributed by atoms with Gasteiger partial charge in [-0.3, -0.25) is 0 Å². The predicted molar refractivity (Wildman–Crippen MR) is 66.5 cm³/mol. The van der Waals surface area contributed by atoms with E-state index in [4.69, 9.17) is 5.11 Å². The van der Waals surface area contributed by atoms with Gasteiger partial charge in [0.05, 0.1) is 11.5 Å². The van der Waals surface area contributed by atoms with Crippen LogP contribution in [0.25, 0.3) is 0 Å². The Hall–Kier alpha value is -1.21. The van der Waals surface area contributed by atoms with Crippen molar-refractivity contribution < 1.29 is 22.3 Å². The quantitative estimate of drug-likeness (QED) is 0.882. The van der Waals surface area contributed by atoms with Gasteiger partial charge in [-0.1, -0.05) is 0 Å². The van der Waals surface area contributed by atoms with E-state index in [1.807, 2.05) is 0 Å². The van der Waals surface area contributed by atoms with E-state index in [-0.39, 0.29) is 24.1 Å². The maximum absolute atomic E-state index is 13.1. The molecule has 0 radical (unpaired) electrons. The van der Waals surface area contributed by atoms with Crippen LogP contribution in [-0.2, 0) is 16.4 Å². The van der Waals surface area contributed by atoms with Crippen LogP contribution in [0.5, 0.6) is 5.75 Å². The van der Waals surface area contributed by atoms with Gasteiger partial charge in [-0.25, -0.2) is 17.2 Å². The first-order valence-electron chi connectivity index (χ1n) is 5.98. The molecule has 1 fully saturated rings. The zero-order chi connectivity index (χ0) is 14.0. The van der Waals surface area contributed by atoms with Gasteiger partial charge in [-0.15, -0.1) is 0 Å². The molecule has 106 valence electrons. The van der Waals surface area contributed by atoms with Crippen molar-refractivity contribution in [1.82, 2.24) is 5.32 Å². The van der Waals surface area contributed by atoms with Gasteiger partial charge in [-0.2, -0.15) is 0 Å². The van der Waals surface area contributed by atoms with Gasteiger partial charge in [0.2, 0.25) is 0 Å². The number of phenols is 1. The van der Waals surface area contributed by atoms with Gasteiger partial charge in [-0.05, 0) is 30.5 Å². The molecule has 0 bridgehead atoms. The highest BCUT2D eigenvalue weighted by Gasteiger charge is 2.23. The number of aromatic hydroxyl groups is 1. The van der Waals surface area contributed by atoms with Gasteiger partial charge < -0.3 is 10.4 Å². The van der Waals surface area contributed by atoms with E-state index < -0.39 is 27.2 Å². The van der Waals surface area contributed by atoms with E-state index in [1.165, 1.54) is 0 Å². The maximum atomic E-state index is 13.1. The van der Waals surface area contributed by atoms with E-state index in [0.29, 0.717) is 18.4 Å². The first kappa shape index (κ1) is 14.2. The van der Waals surface area contributed by atoms with Crippen LogP contribution in [0.3, 0.4) is 0 Å². The molecule has 2 N–H and O–H groups in total. The van der Waals surface area contributed by atoms with Crippen LogP contribution in [0, 0.1) is 11.6 Å². The summed E-state index contributed by atoms with van der Waals surface area (Å²) in [5.74, 6) is -2.69. The minimum absolute atomic E-state index is 0.0310. The van der Waals surface area contributed by atoms with Gasteiger partial charge >= 0.3 is 0 Å². The summed E-state index contributed by atoms with van der Waals surface area (Å²) in [4.78, 5) is 0. The molecule has 1 aliphatic heterocycles. The van der Waals surface area contributed by atoms with Crippen molar-refractivity contribution >= 4 is 9.84 Å². The molecule has 0 saturated carbocycles. The molecule has 1 aliphatic rings. The van der Waals surface area contributed by atoms with E-state index in [0.717, 1.165) is 12.1 Å². The normalized spacial score (nSPS) is 19.5. The first-order chi connectivity index (χ1) is 8.87. The third-order valence-corrected chi connectivity index (χ3v) is 4.94. The molecule has 0 atom stereocenters. The fourth-order valence-corrected chi connectivity index (χ4v) is 3.57. The van der Waals surface area contributed by atoms with Crippen LogP contribution in [0.15, 0.2) is 12.1 Å². The number of rotatable bonds is 3. The second kappa shape index (κ2) is 5.42. The summed E-state index contributed by atoms with van der Waals surface area (Å²) in [7, 11) is -2.91. The zero-order valence-electron chi connectivity index (χ0n) is 10.2. The smallest absolute Gasteiger partial charge is 0.187 e. The monoisotopic (exact) mass is 291 g/mol. The van der Waals surface area contributed by atoms with Crippen LogP contribution >= 0.6 is 0 Å². The number of benzene rings is 1. The molecule has 4 nitrogen and oxygen atoms in total. The largest absolute Gasteiger partial charge is 0.503 e. The molecule has 2 rings (SSSR count). The standard InChI is InChI=1S/C12H15F2NO3S/c13-10-5-8(6-11(14)12(10)16)7-15-9-1-3-19(17,18)4-2-9/h5-6,9,15-16H,1-4,7H2. The summed E-state index contributed by atoms with van der Waals surface area (Å²) >= 11 is 0. The van der Waals surface area contributed by atoms with Gasteiger partial charge in [0.15, 0.2) is 17.4 Å².